The lowest BCUT2D eigenvalue weighted by atomic mass is 10.0. The van der Waals surface area contributed by atoms with Gasteiger partial charge < -0.3 is 20.8 Å². The van der Waals surface area contributed by atoms with Gasteiger partial charge in [-0.15, -0.1) is 11.8 Å². The highest BCUT2D eigenvalue weighted by atomic mass is 32.2. The lowest BCUT2D eigenvalue weighted by Gasteiger charge is -2.18. The van der Waals surface area contributed by atoms with E-state index >= 15 is 0 Å². The summed E-state index contributed by atoms with van der Waals surface area (Å²) in [5.74, 6) is -3.59. The highest BCUT2D eigenvalue weighted by Gasteiger charge is 2.23. The number of nitrogens with one attached hydrogen (secondary N) is 2. The van der Waals surface area contributed by atoms with Crippen molar-refractivity contribution in [2.75, 3.05) is 10.6 Å². The van der Waals surface area contributed by atoms with Crippen molar-refractivity contribution in [1.82, 2.24) is 0 Å². The Labute approximate surface area is 245 Å². The molecule has 5 aromatic carbocycles. The van der Waals surface area contributed by atoms with E-state index in [1.807, 2.05) is 72.8 Å². The number of carbonyl (C=O) groups is 4. The van der Waals surface area contributed by atoms with E-state index in [1.54, 1.807) is 24.3 Å². The number of thioether (sulfide) groups is 1. The number of aromatic carboxylic acids is 2. The number of hydrogen-bond acceptors (Lipinski definition) is 5. The third-order valence-corrected chi connectivity index (χ3v) is 7.76. The Kier molecular flexibility index (Phi) is 8.31. The SMILES string of the molecule is O=C(O)c1ccc(C(=O)Nc2ccc(SC(C(=O)Nc3cccc4ccccc34)c3ccccc3)cc2)c(C(=O)O)c1. The first-order chi connectivity index (χ1) is 20.3. The summed E-state index contributed by atoms with van der Waals surface area (Å²) in [6.07, 6.45) is 0. The molecule has 2 amide bonds. The van der Waals surface area contributed by atoms with Crippen LogP contribution in [0.5, 0.6) is 0 Å². The number of carboxylic acids is 2. The molecule has 0 aliphatic rings. The van der Waals surface area contributed by atoms with Gasteiger partial charge in [0.15, 0.2) is 0 Å². The van der Waals surface area contributed by atoms with E-state index in [2.05, 4.69) is 10.6 Å². The fraction of sp³-hybridized carbons (Fsp3) is 0.0303. The molecule has 0 heterocycles. The Morgan fingerprint density at radius 3 is 2.05 bits per heavy atom. The maximum atomic E-state index is 13.6. The first-order valence-electron chi connectivity index (χ1n) is 12.8. The Bertz CT molecular complexity index is 1800. The smallest absolute Gasteiger partial charge is 0.336 e. The Balaban J connectivity index is 1.34. The molecule has 0 spiro atoms. The van der Waals surface area contributed by atoms with Crippen LogP contribution in [0.1, 0.15) is 41.9 Å². The van der Waals surface area contributed by atoms with Crippen molar-refractivity contribution in [1.29, 1.82) is 0 Å². The van der Waals surface area contributed by atoms with Crippen LogP contribution in [0.3, 0.4) is 0 Å². The van der Waals surface area contributed by atoms with Crippen LogP contribution in [-0.2, 0) is 4.79 Å². The first-order valence-corrected chi connectivity index (χ1v) is 13.7. The van der Waals surface area contributed by atoms with Gasteiger partial charge in [-0.05, 0) is 59.5 Å². The average molecular weight is 577 g/mol. The topological polar surface area (TPSA) is 133 Å². The summed E-state index contributed by atoms with van der Waals surface area (Å²) >= 11 is 1.35. The molecule has 9 heteroatoms. The Morgan fingerprint density at radius 2 is 1.33 bits per heavy atom. The number of carbonyl (C=O) groups excluding carboxylic acids is 2. The second-order valence-corrected chi connectivity index (χ2v) is 10.5. The summed E-state index contributed by atoms with van der Waals surface area (Å²) in [7, 11) is 0. The van der Waals surface area contributed by atoms with Crippen LogP contribution < -0.4 is 10.6 Å². The molecule has 0 bridgehead atoms. The van der Waals surface area contributed by atoms with Gasteiger partial charge in [-0.1, -0.05) is 66.7 Å². The van der Waals surface area contributed by atoms with Crippen molar-refractivity contribution < 1.29 is 29.4 Å². The normalized spacial score (nSPS) is 11.4. The van der Waals surface area contributed by atoms with Crippen molar-refractivity contribution in [3.05, 3.63) is 138 Å². The molecule has 0 fully saturated rings. The monoisotopic (exact) mass is 576 g/mol. The third kappa shape index (κ3) is 6.32. The van der Waals surface area contributed by atoms with Crippen LogP contribution in [0.4, 0.5) is 11.4 Å². The zero-order chi connectivity index (χ0) is 29.6. The van der Waals surface area contributed by atoms with Gasteiger partial charge >= 0.3 is 11.9 Å². The molecule has 0 aliphatic heterocycles. The number of fused-ring (bicyclic) bond motifs is 1. The van der Waals surface area contributed by atoms with Crippen molar-refractivity contribution >= 4 is 57.7 Å². The molecule has 0 saturated carbocycles. The van der Waals surface area contributed by atoms with Crippen LogP contribution in [-0.4, -0.2) is 34.0 Å². The number of benzene rings is 5. The van der Waals surface area contributed by atoms with Gasteiger partial charge in [-0.2, -0.15) is 0 Å². The summed E-state index contributed by atoms with van der Waals surface area (Å²) < 4.78 is 0. The van der Waals surface area contributed by atoms with Crippen LogP contribution in [0.25, 0.3) is 10.8 Å². The summed E-state index contributed by atoms with van der Waals surface area (Å²) in [6, 6.07) is 33.1. The second-order valence-electron chi connectivity index (χ2n) is 9.27. The fourth-order valence-corrected chi connectivity index (χ4v) is 5.46. The van der Waals surface area contributed by atoms with E-state index in [9.17, 15) is 24.3 Å². The molecule has 0 radical (unpaired) electrons. The predicted molar refractivity (Wildman–Crippen MR) is 162 cm³/mol. The van der Waals surface area contributed by atoms with Gasteiger partial charge in [0.2, 0.25) is 5.91 Å². The van der Waals surface area contributed by atoms with Crippen LogP contribution in [0.2, 0.25) is 0 Å². The van der Waals surface area contributed by atoms with Crippen molar-refractivity contribution in [2.45, 2.75) is 10.1 Å². The van der Waals surface area contributed by atoms with Crippen molar-refractivity contribution in [3.8, 4) is 0 Å². The zero-order valence-corrected chi connectivity index (χ0v) is 22.8. The largest absolute Gasteiger partial charge is 0.478 e. The second kappa shape index (κ2) is 12.4. The van der Waals surface area contributed by atoms with Crippen molar-refractivity contribution in [3.63, 3.8) is 0 Å². The zero-order valence-electron chi connectivity index (χ0n) is 22.0. The highest BCUT2D eigenvalue weighted by molar-refractivity contribution is 8.00. The molecular formula is C33H24N2O6S. The molecule has 0 aromatic heterocycles. The van der Waals surface area contributed by atoms with E-state index in [0.717, 1.165) is 33.0 Å². The van der Waals surface area contributed by atoms with E-state index in [4.69, 9.17) is 5.11 Å². The molecule has 0 aliphatic carbocycles. The van der Waals surface area contributed by atoms with Crippen LogP contribution in [0, 0.1) is 0 Å². The van der Waals surface area contributed by atoms with Gasteiger partial charge in [-0.25, -0.2) is 9.59 Å². The molecule has 1 unspecified atom stereocenters. The van der Waals surface area contributed by atoms with Crippen LogP contribution >= 0.6 is 11.8 Å². The minimum atomic E-state index is -1.41. The van der Waals surface area contributed by atoms with E-state index in [1.165, 1.54) is 23.9 Å². The Morgan fingerprint density at radius 1 is 0.643 bits per heavy atom. The minimum absolute atomic E-state index is 0.166. The molecule has 5 aromatic rings. The fourth-order valence-electron chi connectivity index (χ4n) is 4.44. The van der Waals surface area contributed by atoms with Gasteiger partial charge in [0, 0.05) is 21.7 Å². The van der Waals surface area contributed by atoms with Gasteiger partial charge in [-0.3, -0.25) is 9.59 Å². The van der Waals surface area contributed by atoms with Crippen molar-refractivity contribution in [2.24, 2.45) is 0 Å². The highest BCUT2D eigenvalue weighted by Crippen LogP contribution is 2.37. The van der Waals surface area contributed by atoms with E-state index in [-0.39, 0.29) is 17.0 Å². The third-order valence-electron chi connectivity index (χ3n) is 6.50. The molecule has 0 saturated heterocycles. The molecule has 1 atom stereocenters. The lowest BCUT2D eigenvalue weighted by Crippen LogP contribution is -2.19. The number of rotatable bonds is 9. The Hall–Kier alpha value is -5.41. The van der Waals surface area contributed by atoms with Gasteiger partial charge in [0.05, 0.1) is 16.7 Å². The van der Waals surface area contributed by atoms with E-state index < -0.39 is 28.7 Å². The van der Waals surface area contributed by atoms with Gasteiger partial charge in [0.25, 0.3) is 5.91 Å². The lowest BCUT2D eigenvalue weighted by molar-refractivity contribution is -0.115. The number of hydrogen-bond donors (Lipinski definition) is 4. The minimum Gasteiger partial charge on any atom is -0.478 e. The first kappa shape index (κ1) is 28.1. The molecule has 8 nitrogen and oxygen atoms in total. The molecule has 5 rings (SSSR count). The average Bonchev–Trinajstić information content (AvgIpc) is 3.00. The maximum absolute atomic E-state index is 13.6. The predicted octanol–water partition coefficient (Wildman–Crippen LogP) is 6.96. The molecular weight excluding hydrogens is 552 g/mol. The summed E-state index contributed by atoms with van der Waals surface area (Å²) in [6.45, 7) is 0. The number of anilines is 2. The summed E-state index contributed by atoms with van der Waals surface area (Å²) in [5.41, 5.74) is 1.13. The summed E-state index contributed by atoms with van der Waals surface area (Å²) in [5, 5.41) is 25.7. The quantitative estimate of drug-likeness (QED) is 0.139. The maximum Gasteiger partial charge on any atom is 0.336 e. The standard InChI is InChI=1S/C33H24N2O6S/c36-30(26-18-13-22(32(38)39)19-27(26)33(40)41)34-23-14-16-24(17-15-23)42-29(21-8-2-1-3-9-21)31(37)35-28-12-6-10-20-7-4-5-11-25(20)28/h1-19,29H,(H,34,36)(H,35,37)(H,38,39)(H,40,41). The number of carboxylic acid groups (broad SMARTS) is 2. The molecule has 4 N–H and O–H groups in total. The van der Waals surface area contributed by atoms with E-state index in [0.29, 0.717) is 5.69 Å². The van der Waals surface area contributed by atoms with Gasteiger partial charge in [0.1, 0.15) is 5.25 Å². The summed E-state index contributed by atoms with van der Waals surface area (Å²) in [4.78, 5) is 50.1. The molecule has 42 heavy (non-hydrogen) atoms. The van der Waals surface area contributed by atoms with Crippen LogP contribution in [0.15, 0.2) is 120 Å². The number of amides is 2. The molecule has 208 valence electrons.